The van der Waals surface area contributed by atoms with Gasteiger partial charge in [0, 0.05) is 11.6 Å². The van der Waals surface area contributed by atoms with Gasteiger partial charge in [-0.1, -0.05) is 41.5 Å². The molecule has 0 aromatic rings. The van der Waals surface area contributed by atoms with Gasteiger partial charge in [-0.25, -0.2) is 0 Å². The van der Waals surface area contributed by atoms with Gasteiger partial charge in [0.2, 0.25) is 0 Å². The Morgan fingerprint density at radius 1 is 1.05 bits per heavy atom. The van der Waals surface area contributed by atoms with Crippen molar-refractivity contribution in [3.63, 3.8) is 0 Å². The maximum Gasteiger partial charge on any atom is 0.0134 e. The van der Waals surface area contributed by atoms with E-state index in [0.29, 0.717) is 22.3 Å². The minimum atomic E-state index is 0.243. The van der Waals surface area contributed by atoms with E-state index in [9.17, 15) is 0 Å². The Morgan fingerprint density at radius 2 is 1.63 bits per heavy atom. The van der Waals surface area contributed by atoms with Crippen molar-refractivity contribution in [3.8, 4) is 0 Å². The molecule has 0 aliphatic heterocycles. The van der Waals surface area contributed by atoms with E-state index in [0.717, 1.165) is 5.92 Å². The molecule has 19 heavy (non-hydrogen) atoms. The third-order valence-corrected chi connectivity index (χ3v) is 6.33. The predicted octanol–water partition coefficient (Wildman–Crippen LogP) is 5.01. The van der Waals surface area contributed by atoms with Crippen LogP contribution in [0.3, 0.4) is 0 Å². The van der Waals surface area contributed by atoms with E-state index in [1.165, 1.54) is 25.7 Å². The second-order valence-corrected chi connectivity index (χ2v) is 9.93. The molecule has 2 fully saturated rings. The molecule has 0 aromatic heterocycles. The number of fused-ring (bicyclic) bond motifs is 2. The number of hydrogen-bond donors (Lipinski definition) is 1. The molecule has 2 bridgehead atoms. The van der Waals surface area contributed by atoms with Crippen LogP contribution in [0.5, 0.6) is 0 Å². The van der Waals surface area contributed by atoms with Crippen molar-refractivity contribution in [2.75, 3.05) is 0 Å². The van der Waals surface area contributed by atoms with Crippen LogP contribution in [0, 0.1) is 22.2 Å². The SMILES string of the molecule is CC(C)(C)CC(C)(C)NC1CC2CCC1(C)C2(C)C. The van der Waals surface area contributed by atoms with E-state index >= 15 is 0 Å². The van der Waals surface area contributed by atoms with E-state index < -0.39 is 0 Å². The summed E-state index contributed by atoms with van der Waals surface area (Å²) in [5.74, 6) is 0.931. The van der Waals surface area contributed by atoms with Gasteiger partial charge in [0.05, 0.1) is 0 Å². The highest BCUT2D eigenvalue weighted by atomic mass is 15.0. The molecule has 2 aliphatic carbocycles. The molecule has 3 atom stereocenters. The van der Waals surface area contributed by atoms with Gasteiger partial charge >= 0.3 is 0 Å². The lowest BCUT2D eigenvalue weighted by molar-refractivity contribution is 0.0959. The summed E-state index contributed by atoms with van der Waals surface area (Å²) in [5.41, 5.74) is 1.65. The summed E-state index contributed by atoms with van der Waals surface area (Å²) in [5, 5.41) is 4.04. The van der Waals surface area contributed by atoms with Crippen LogP contribution < -0.4 is 5.32 Å². The zero-order chi connectivity index (χ0) is 14.7. The van der Waals surface area contributed by atoms with Crippen molar-refractivity contribution in [1.29, 1.82) is 0 Å². The average Bonchev–Trinajstić information content (AvgIpc) is 2.45. The fourth-order valence-corrected chi connectivity index (χ4v) is 5.27. The Kier molecular flexibility index (Phi) is 3.42. The molecular weight excluding hydrogens is 230 g/mol. The molecule has 0 spiro atoms. The summed E-state index contributed by atoms with van der Waals surface area (Å²) in [7, 11) is 0. The Morgan fingerprint density at radius 3 is 2.00 bits per heavy atom. The van der Waals surface area contributed by atoms with Crippen LogP contribution in [-0.2, 0) is 0 Å². The monoisotopic (exact) mass is 265 g/mol. The van der Waals surface area contributed by atoms with Crippen LogP contribution >= 0.6 is 0 Å². The molecule has 2 rings (SSSR count). The molecule has 1 nitrogen and oxygen atoms in total. The second kappa shape index (κ2) is 4.23. The second-order valence-electron chi connectivity index (χ2n) is 9.93. The normalized spacial score (nSPS) is 37.9. The quantitative estimate of drug-likeness (QED) is 0.756. The molecule has 0 heterocycles. The van der Waals surface area contributed by atoms with Crippen LogP contribution in [-0.4, -0.2) is 11.6 Å². The van der Waals surface area contributed by atoms with Crippen molar-refractivity contribution in [3.05, 3.63) is 0 Å². The van der Waals surface area contributed by atoms with Gasteiger partial charge in [-0.05, 0) is 61.7 Å². The first-order chi connectivity index (χ1) is 8.37. The smallest absolute Gasteiger partial charge is 0.0134 e. The van der Waals surface area contributed by atoms with Crippen molar-refractivity contribution in [1.82, 2.24) is 5.32 Å². The summed E-state index contributed by atoms with van der Waals surface area (Å²) >= 11 is 0. The predicted molar refractivity (Wildman–Crippen MR) is 84.3 cm³/mol. The van der Waals surface area contributed by atoms with Gasteiger partial charge in [0.15, 0.2) is 0 Å². The molecule has 0 saturated heterocycles. The summed E-state index contributed by atoms with van der Waals surface area (Å²) in [4.78, 5) is 0. The molecule has 0 amide bonds. The number of rotatable bonds is 3. The summed E-state index contributed by atoms with van der Waals surface area (Å²) in [6.45, 7) is 19.4. The Balaban J connectivity index is 2.10. The maximum atomic E-state index is 4.04. The fraction of sp³-hybridized carbons (Fsp3) is 1.00. The van der Waals surface area contributed by atoms with Crippen LogP contribution in [0.15, 0.2) is 0 Å². The lowest BCUT2D eigenvalue weighted by atomic mass is 9.68. The first-order valence-electron chi connectivity index (χ1n) is 8.15. The van der Waals surface area contributed by atoms with Crippen molar-refractivity contribution in [2.24, 2.45) is 22.2 Å². The van der Waals surface area contributed by atoms with Gasteiger partial charge in [0.25, 0.3) is 0 Å². The first-order valence-corrected chi connectivity index (χ1v) is 8.15. The fourth-order valence-electron chi connectivity index (χ4n) is 5.27. The standard InChI is InChI=1S/C18H35N/c1-15(2,3)12-16(4,5)19-14-11-13-9-10-18(14,8)17(13,6)7/h13-14,19H,9-12H2,1-8H3. The van der Waals surface area contributed by atoms with Gasteiger partial charge < -0.3 is 5.32 Å². The topological polar surface area (TPSA) is 12.0 Å². The lowest BCUT2D eigenvalue weighted by Gasteiger charge is -2.44. The van der Waals surface area contributed by atoms with E-state index in [1.54, 1.807) is 0 Å². The molecule has 112 valence electrons. The van der Waals surface area contributed by atoms with Crippen molar-refractivity contribution >= 4 is 0 Å². The molecule has 0 radical (unpaired) electrons. The highest BCUT2D eigenvalue weighted by Crippen LogP contribution is 2.65. The maximum absolute atomic E-state index is 4.04. The molecule has 1 heteroatoms. The molecule has 1 N–H and O–H groups in total. The third kappa shape index (κ3) is 2.60. The van der Waals surface area contributed by atoms with Crippen molar-refractivity contribution in [2.45, 2.75) is 92.7 Å². The number of nitrogens with one attached hydrogen (secondary N) is 1. The van der Waals surface area contributed by atoms with E-state index in [1.807, 2.05) is 0 Å². The molecule has 0 aromatic carbocycles. The van der Waals surface area contributed by atoms with E-state index in [4.69, 9.17) is 0 Å². The summed E-state index contributed by atoms with van der Waals surface area (Å²) < 4.78 is 0. The van der Waals surface area contributed by atoms with Crippen LogP contribution in [0.25, 0.3) is 0 Å². The minimum absolute atomic E-state index is 0.243. The molecule has 2 aliphatic rings. The highest BCUT2D eigenvalue weighted by Gasteiger charge is 2.61. The van der Waals surface area contributed by atoms with Gasteiger partial charge in [-0.15, -0.1) is 0 Å². The molecule has 3 unspecified atom stereocenters. The Labute approximate surface area is 120 Å². The van der Waals surface area contributed by atoms with E-state index in [2.05, 4.69) is 60.7 Å². The lowest BCUT2D eigenvalue weighted by Crippen LogP contribution is -2.54. The van der Waals surface area contributed by atoms with Crippen molar-refractivity contribution < 1.29 is 0 Å². The zero-order valence-electron chi connectivity index (χ0n) is 14.5. The van der Waals surface area contributed by atoms with E-state index in [-0.39, 0.29) is 5.54 Å². The first kappa shape index (κ1) is 15.4. The van der Waals surface area contributed by atoms with Crippen LogP contribution in [0.4, 0.5) is 0 Å². The van der Waals surface area contributed by atoms with Crippen LogP contribution in [0.2, 0.25) is 0 Å². The third-order valence-electron chi connectivity index (χ3n) is 6.33. The summed E-state index contributed by atoms with van der Waals surface area (Å²) in [6, 6.07) is 0.707. The largest absolute Gasteiger partial charge is 0.308 e. The number of hydrogen-bond acceptors (Lipinski definition) is 1. The zero-order valence-corrected chi connectivity index (χ0v) is 14.5. The molecular formula is C18H35N. The minimum Gasteiger partial charge on any atom is -0.308 e. The highest BCUT2D eigenvalue weighted by molar-refractivity contribution is 5.14. The van der Waals surface area contributed by atoms with Gasteiger partial charge in [-0.2, -0.15) is 0 Å². The van der Waals surface area contributed by atoms with Gasteiger partial charge in [0.1, 0.15) is 0 Å². The average molecular weight is 265 g/mol. The van der Waals surface area contributed by atoms with Crippen LogP contribution in [0.1, 0.15) is 81.1 Å². The Hall–Kier alpha value is -0.0400. The Bertz CT molecular complexity index is 347. The molecule has 2 saturated carbocycles. The van der Waals surface area contributed by atoms with Gasteiger partial charge in [-0.3, -0.25) is 0 Å². The summed E-state index contributed by atoms with van der Waals surface area (Å²) in [6.07, 6.45) is 5.48.